The highest BCUT2D eigenvalue weighted by Gasteiger charge is 2.29. The number of hydrogen-bond acceptors (Lipinski definition) is 6. The van der Waals surface area contributed by atoms with Crippen molar-refractivity contribution in [3.8, 4) is 11.5 Å². The second kappa shape index (κ2) is 6.19. The van der Waals surface area contributed by atoms with Crippen LogP contribution in [0.25, 0.3) is 0 Å². The summed E-state index contributed by atoms with van der Waals surface area (Å²) in [5.74, 6) is 0.271. The average Bonchev–Trinajstić information content (AvgIpc) is 2.98. The van der Waals surface area contributed by atoms with E-state index in [4.69, 9.17) is 14.2 Å². The van der Waals surface area contributed by atoms with Crippen LogP contribution < -0.4 is 9.47 Å². The maximum atomic E-state index is 12.0. The number of Topliss-reactive ketones (excluding diaryl/α,β-unsaturated/α-hetero) is 1. The molecule has 5 nitrogen and oxygen atoms in total. The number of rotatable bonds is 4. The topological polar surface area (TPSA) is 61.8 Å². The lowest BCUT2D eigenvalue weighted by Gasteiger charge is -2.24. The van der Waals surface area contributed by atoms with Crippen LogP contribution in [0.15, 0.2) is 36.4 Å². The van der Waals surface area contributed by atoms with Gasteiger partial charge in [0.05, 0.1) is 4.88 Å². The quantitative estimate of drug-likeness (QED) is 0.640. The molecule has 0 fully saturated rings. The molecule has 0 radical (unpaired) electrons. The van der Waals surface area contributed by atoms with Crippen molar-refractivity contribution in [3.63, 3.8) is 0 Å². The van der Waals surface area contributed by atoms with Crippen molar-refractivity contribution >= 4 is 23.1 Å². The standard InChI is InChI=1S/C16H14O5S/c1-10-6-7-15(22-10)11(17)8-20-16(18)14-9-19-12-4-2-3-5-13(12)21-14/h2-7,14H,8-9H2,1H3/t14-/m1/s1. The molecule has 0 aliphatic carbocycles. The zero-order chi connectivity index (χ0) is 15.5. The molecule has 1 aliphatic heterocycles. The Bertz CT molecular complexity index is 706. The van der Waals surface area contributed by atoms with Crippen LogP contribution in [0.1, 0.15) is 14.5 Å². The van der Waals surface area contributed by atoms with Gasteiger partial charge in [0.2, 0.25) is 11.9 Å². The van der Waals surface area contributed by atoms with E-state index in [1.165, 1.54) is 11.3 Å². The molecule has 0 spiro atoms. The van der Waals surface area contributed by atoms with E-state index in [9.17, 15) is 9.59 Å². The number of carbonyl (C=O) groups is 2. The minimum Gasteiger partial charge on any atom is -0.485 e. The lowest BCUT2D eigenvalue weighted by Crippen LogP contribution is -2.38. The van der Waals surface area contributed by atoms with Gasteiger partial charge in [0.1, 0.15) is 6.61 Å². The molecule has 1 aliphatic rings. The molecule has 0 saturated carbocycles. The van der Waals surface area contributed by atoms with Gasteiger partial charge in [-0.2, -0.15) is 0 Å². The fourth-order valence-electron chi connectivity index (χ4n) is 2.02. The van der Waals surface area contributed by atoms with Crippen LogP contribution in [0, 0.1) is 6.92 Å². The summed E-state index contributed by atoms with van der Waals surface area (Å²) >= 11 is 1.38. The van der Waals surface area contributed by atoms with Crippen LogP contribution in [-0.2, 0) is 9.53 Å². The number of ketones is 1. The molecule has 0 amide bonds. The van der Waals surface area contributed by atoms with Gasteiger partial charge in [-0.3, -0.25) is 4.79 Å². The molecule has 1 atom stereocenters. The van der Waals surface area contributed by atoms with E-state index in [0.29, 0.717) is 16.4 Å². The molecule has 0 unspecified atom stereocenters. The first kappa shape index (κ1) is 14.6. The Labute approximate surface area is 131 Å². The Kier molecular flexibility index (Phi) is 4.11. The number of benzene rings is 1. The van der Waals surface area contributed by atoms with Crippen molar-refractivity contribution in [1.29, 1.82) is 0 Å². The van der Waals surface area contributed by atoms with Crippen LogP contribution in [0.5, 0.6) is 11.5 Å². The fraction of sp³-hybridized carbons (Fsp3) is 0.250. The van der Waals surface area contributed by atoms with Crippen LogP contribution in [0.3, 0.4) is 0 Å². The minimum absolute atomic E-state index is 0.0716. The lowest BCUT2D eigenvalue weighted by molar-refractivity contribution is -0.153. The molecule has 2 heterocycles. The number of fused-ring (bicyclic) bond motifs is 1. The van der Waals surface area contributed by atoms with Crippen molar-refractivity contribution in [3.05, 3.63) is 46.2 Å². The fourth-order valence-corrected chi connectivity index (χ4v) is 2.81. The van der Waals surface area contributed by atoms with Crippen molar-refractivity contribution in [1.82, 2.24) is 0 Å². The molecule has 0 N–H and O–H groups in total. The summed E-state index contributed by atoms with van der Waals surface area (Å²) in [5, 5.41) is 0. The van der Waals surface area contributed by atoms with E-state index in [1.807, 2.05) is 19.1 Å². The summed E-state index contributed by atoms with van der Waals surface area (Å²) < 4.78 is 16.0. The molecular formula is C16H14O5S. The Morgan fingerprint density at radius 1 is 1.23 bits per heavy atom. The number of esters is 1. The van der Waals surface area contributed by atoms with Gasteiger partial charge in [0.15, 0.2) is 18.1 Å². The van der Waals surface area contributed by atoms with Crippen molar-refractivity contribution in [2.45, 2.75) is 13.0 Å². The van der Waals surface area contributed by atoms with Gasteiger partial charge < -0.3 is 14.2 Å². The summed E-state index contributed by atoms with van der Waals surface area (Å²) in [6.45, 7) is 1.69. The molecular weight excluding hydrogens is 304 g/mol. The minimum atomic E-state index is -0.854. The zero-order valence-electron chi connectivity index (χ0n) is 11.9. The number of carbonyl (C=O) groups excluding carboxylic acids is 2. The highest BCUT2D eigenvalue weighted by molar-refractivity contribution is 7.14. The van der Waals surface area contributed by atoms with E-state index < -0.39 is 12.1 Å². The Balaban J connectivity index is 1.56. The Morgan fingerprint density at radius 3 is 2.73 bits per heavy atom. The third-order valence-corrected chi connectivity index (χ3v) is 4.17. The Morgan fingerprint density at radius 2 is 2.00 bits per heavy atom. The normalized spacial score (nSPS) is 16.1. The molecule has 3 rings (SSSR count). The molecule has 1 aromatic heterocycles. The predicted octanol–water partition coefficient (Wildman–Crippen LogP) is 2.62. The Hall–Kier alpha value is -2.34. The van der Waals surface area contributed by atoms with Crippen LogP contribution >= 0.6 is 11.3 Å². The number of thiophene rings is 1. The first-order chi connectivity index (χ1) is 10.6. The smallest absolute Gasteiger partial charge is 0.351 e. The summed E-state index contributed by atoms with van der Waals surface area (Å²) in [5.41, 5.74) is 0. The van der Waals surface area contributed by atoms with Gasteiger partial charge >= 0.3 is 5.97 Å². The SMILES string of the molecule is Cc1ccc(C(=O)COC(=O)[C@H]2COc3ccccc3O2)s1. The van der Waals surface area contributed by atoms with Crippen molar-refractivity contribution < 1.29 is 23.8 Å². The van der Waals surface area contributed by atoms with Crippen molar-refractivity contribution in [2.75, 3.05) is 13.2 Å². The van der Waals surface area contributed by atoms with Crippen LogP contribution in [0.4, 0.5) is 0 Å². The monoisotopic (exact) mass is 318 g/mol. The second-order valence-corrected chi connectivity index (χ2v) is 6.09. The second-order valence-electron chi connectivity index (χ2n) is 4.81. The molecule has 22 heavy (non-hydrogen) atoms. The van der Waals surface area contributed by atoms with E-state index in [2.05, 4.69) is 0 Å². The van der Waals surface area contributed by atoms with E-state index in [0.717, 1.165) is 4.88 Å². The molecule has 6 heteroatoms. The van der Waals surface area contributed by atoms with Gasteiger partial charge in [-0.1, -0.05) is 12.1 Å². The third kappa shape index (κ3) is 3.12. The van der Waals surface area contributed by atoms with Gasteiger partial charge in [0, 0.05) is 4.88 Å². The van der Waals surface area contributed by atoms with Gasteiger partial charge in [-0.05, 0) is 31.2 Å². The highest BCUT2D eigenvalue weighted by Crippen LogP contribution is 2.31. The molecule has 0 saturated heterocycles. The molecule has 1 aromatic carbocycles. The first-order valence-electron chi connectivity index (χ1n) is 6.78. The highest BCUT2D eigenvalue weighted by atomic mass is 32.1. The lowest BCUT2D eigenvalue weighted by atomic mass is 10.2. The summed E-state index contributed by atoms with van der Waals surface area (Å²) in [6, 6.07) is 10.7. The summed E-state index contributed by atoms with van der Waals surface area (Å²) in [7, 11) is 0. The molecule has 2 aromatic rings. The molecule has 114 valence electrons. The first-order valence-corrected chi connectivity index (χ1v) is 7.60. The van der Waals surface area contributed by atoms with Crippen molar-refractivity contribution in [2.24, 2.45) is 0 Å². The number of aryl methyl sites for hydroxylation is 1. The zero-order valence-corrected chi connectivity index (χ0v) is 12.7. The molecule has 0 bridgehead atoms. The maximum absolute atomic E-state index is 12.0. The van der Waals surface area contributed by atoms with Gasteiger partial charge in [0.25, 0.3) is 0 Å². The predicted molar refractivity (Wildman–Crippen MR) is 80.7 cm³/mol. The number of para-hydroxylation sites is 2. The van der Waals surface area contributed by atoms with E-state index >= 15 is 0 Å². The van der Waals surface area contributed by atoms with Crippen LogP contribution in [-0.4, -0.2) is 31.1 Å². The van der Waals surface area contributed by atoms with E-state index in [-0.39, 0.29) is 19.0 Å². The number of hydrogen-bond donors (Lipinski definition) is 0. The van der Waals surface area contributed by atoms with E-state index in [1.54, 1.807) is 24.3 Å². The average molecular weight is 318 g/mol. The largest absolute Gasteiger partial charge is 0.485 e. The third-order valence-electron chi connectivity index (χ3n) is 3.13. The summed E-state index contributed by atoms with van der Waals surface area (Å²) in [4.78, 5) is 25.5. The van der Waals surface area contributed by atoms with Gasteiger partial charge in [-0.25, -0.2) is 4.79 Å². The summed E-state index contributed by atoms with van der Waals surface area (Å²) in [6.07, 6.45) is -0.854. The maximum Gasteiger partial charge on any atom is 0.351 e. The van der Waals surface area contributed by atoms with Gasteiger partial charge in [-0.15, -0.1) is 11.3 Å². The number of ether oxygens (including phenoxy) is 3. The van der Waals surface area contributed by atoms with Crippen LogP contribution in [0.2, 0.25) is 0 Å².